The summed E-state index contributed by atoms with van der Waals surface area (Å²) in [5, 5.41) is 17.1. The molecule has 0 radical (unpaired) electrons. The van der Waals surface area contributed by atoms with Gasteiger partial charge in [0.1, 0.15) is 0 Å². The van der Waals surface area contributed by atoms with Gasteiger partial charge in [0.05, 0.1) is 18.4 Å². The van der Waals surface area contributed by atoms with Crippen LogP contribution in [0.4, 0.5) is 17.6 Å². The normalized spacial score (nSPS) is 23.6. The number of hydrogen-bond acceptors (Lipinski definition) is 8. The molecule has 2 aliphatic heterocycles. The van der Waals surface area contributed by atoms with Gasteiger partial charge in [-0.1, -0.05) is 30.3 Å². The number of hydrogen-bond donors (Lipinski definition) is 2. The fourth-order valence-electron chi connectivity index (χ4n) is 7.23. The van der Waals surface area contributed by atoms with Gasteiger partial charge in [-0.05, 0) is 91.8 Å². The number of rotatable bonds is 4. The number of anilines is 3. The second-order valence-electron chi connectivity index (χ2n) is 11.7. The Balaban J connectivity index is 1.00. The van der Waals surface area contributed by atoms with Gasteiger partial charge in [0.25, 0.3) is 0 Å². The minimum absolute atomic E-state index is 0.285. The van der Waals surface area contributed by atoms with Crippen LogP contribution in [-0.4, -0.2) is 61.2 Å². The minimum atomic E-state index is 0.285. The van der Waals surface area contributed by atoms with E-state index >= 15 is 0 Å². The van der Waals surface area contributed by atoms with E-state index in [0.717, 1.165) is 62.2 Å². The lowest BCUT2D eigenvalue weighted by Gasteiger charge is -2.34. The van der Waals surface area contributed by atoms with Crippen molar-refractivity contribution in [3.8, 4) is 17.1 Å². The first-order valence-corrected chi connectivity index (χ1v) is 14.6. The van der Waals surface area contributed by atoms with Gasteiger partial charge >= 0.3 is 0 Å². The fourth-order valence-corrected chi connectivity index (χ4v) is 7.23. The van der Waals surface area contributed by atoms with Gasteiger partial charge in [0.2, 0.25) is 11.9 Å². The molecular formula is C31H34N8O. The Morgan fingerprint density at radius 3 is 2.62 bits per heavy atom. The van der Waals surface area contributed by atoms with Gasteiger partial charge in [0.15, 0.2) is 5.82 Å². The predicted molar refractivity (Wildman–Crippen MR) is 154 cm³/mol. The second kappa shape index (κ2) is 9.67. The molecule has 2 saturated heterocycles. The molecule has 3 atom stereocenters. The first-order chi connectivity index (χ1) is 19.7. The number of fused-ring (bicyclic) bond motifs is 6. The zero-order valence-electron chi connectivity index (χ0n) is 22.6. The van der Waals surface area contributed by atoms with Gasteiger partial charge in [0, 0.05) is 29.9 Å². The van der Waals surface area contributed by atoms with Crippen LogP contribution in [0.5, 0.6) is 0 Å². The summed E-state index contributed by atoms with van der Waals surface area (Å²) in [6.45, 7) is 2.02. The number of benzene rings is 2. The van der Waals surface area contributed by atoms with Crippen LogP contribution in [-0.2, 0) is 30.4 Å². The Labute approximate surface area is 233 Å². The van der Waals surface area contributed by atoms with Crippen LogP contribution < -0.4 is 11.1 Å². The van der Waals surface area contributed by atoms with Crippen LogP contribution in [0, 0.1) is 0 Å². The molecule has 9 nitrogen and oxygen atoms in total. The summed E-state index contributed by atoms with van der Waals surface area (Å²) in [6, 6.07) is 18.4. The van der Waals surface area contributed by atoms with Crippen molar-refractivity contribution in [2.45, 2.75) is 69.6 Å². The molecule has 2 bridgehead atoms. The van der Waals surface area contributed by atoms with E-state index < -0.39 is 0 Å². The molecule has 2 aliphatic carbocycles. The molecule has 204 valence electrons. The standard InChI is InChI=1S/C31H34N8O/c32-30-34-31(37-39(30)28-15-22-6-3-5-20-4-1-2-7-27(20)29(22)36-35-28)33-23-11-8-19-9-12-24(13-10-21(19)14-23)38-17-26-16-25(38)18-40-26/h1-2,4,7-8,11,14-15,24-26H,3,5-6,9-10,12-13,16-18H2,(H3,32,33,34,37). The van der Waals surface area contributed by atoms with E-state index in [1.165, 1.54) is 41.5 Å². The van der Waals surface area contributed by atoms with Crippen molar-refractivity contribution < 1.29 is 4.74 Å². The molecule has 2 aromatic carbocycles. The molecule has 4 aliphatic rings. The first kappa shape index (κ1) is 24.0. The predicted octanol–water partition coefficient (Wildman–Crippen LogP) is 4.26. The average molecular weight is 535 g/mol. The first-order valence-electron chi connectivity index (χ1n) is 14.6. The molecule has 2 fully saturated rings. The topological polar surface area (TPSA) is 107 Å². The molecule has 40 heavy (non-hydrogen) atoms. The molecular weight excluding hydrogens is 500 g/mol. The number of morpholine rings is 1. The molecule has 2 aromatic heterocycles. The Morgan fingerprint density at radius 1 is 0.875 bits per heavy atom. The third kappa shape index (κ3) is 4.24. The van der Waals surface area contributed by atoms with Gasteiger partial charge in [-0.15, -0.1) is 15.3 Å². The smallest absolute Gasteiger partial charge is 0.248 e. The molecule has 0 spiro atoms. The van der Waals surface area contributed by atoms with Crippen molar-refractivity contribution in [2.24, 2.45) is 0 Å². The van der Waals surface area contributed by atoms with Crippen LogP contribution >= 0.6 is 0 Å². The monoisotopic (exact) mass is 534 g/mol. The van der Waals surface area contributed by atoms with Gasteiger partial charge in [-0.2, -0.15) is 9.67 Å². The third-order valence-electron chi connectivity index (χ3n) is 9.24. The van der Waals surface area contributed by atoms with Crippen LogP contribution in [0.2, 0.25) is 0 Å². The Kier molecular flexibility index (Phi) is 5.81. The highest BCUT2D eigenvalue weighted by Gasteiger charge is 2.42. The molecule has 0 saturated carbocycles. The fraction of sp³-hybridized carbons (Fsp3) is 0.419. The highest BCUT2D eigenvalue weighted by atomic mass is 16.5. The maximum absolute atomic E-state index is 6.31. The van der Waals surface area contributed by atoms with E-state index in [1.807, 2.05) is 0 Å². The number of nitrogens with zero attached hydrogens (tertiary/aromatic N) is 6. The van der Waals surface area contributed by atoms with E-state index in [2.05, 4.69) is 79.0 Å². The average Bonchev–Trinajstić information content (AvgIpc) is 3.62. The van der Waals surface area contributed by atoms with E-state index in [4.69, 9.17) is 10.5 Å². The summed E-state index contributed by atoms with van der Waals surface area (Å²) in [6.07, 6.45) is 9.34. The second-order valence-corrected chi connectivity index (χ2v) is 11.7. The Bertz CT molecular complexity index is 1580. The number of nitrogens with one attached hydrogen (secondary N) is 1. The van der Waals surface area contributed by atoms with Gasteiger partial charge < -0.3 is 15.8 Å². The van der Waals surface area contributed by atoms with Crippen molar-refractivity contribution in [2.75, 3.05) is 24.2 Å². The van der Waals surface area contributed by atoms with Gasteiger partial charge in [-0.3, -0.25) is 4.90 Å². The zero-order valence-corrected chi connectivity index (χ0v) is 22.6. The van der Waals surface area contributed by atoms with Crippen molar-refractivity contribution in [3.05, 3.63) is 70.8 Å². The summed E-state index contributed by atoms with van der Waals surface area (Å²) in [7, 11) is 0. The highest BCUT2D eigenvalue weighted by Crippen LogP contribution is 2.35. The van der Waals surface area contributed by atoms with Gasteiger partial charge in [-0.25, -0.2) is 0 Å². The minimum Gasteiger partial charge on any atom is -0.375 e. The van der Waals surface area contributed by atoms with Crippen LogP contribution in [0.25, 0.3) is 17.1 Å². The molecule has 8 rings (SSSR count). The molecule has 3 N–H and O–H groups in total. The summed E-state index contributed by atoms with van der Waals surface area (Å²) in [5.41, 5.74) is 14.8. The third-order valence-corrected chi connectivity index (χ3v) is 9.24. The van der Waals surface area contributed by atoms with E-state index in [9.17, 15) is 0 Å². The highest BCUT2D eigenvalue weighted by molar-refractivity contribution is 5.68. The summed E-state index contributed by atoms with van der Waals surface area (Å²) in [4.78, 5) is 7.22. The van der Waals surface area contributed by atoms with Crippen LogP contribution in [0.15, 0.2) is 48.5 Å². The summed E-state index contributed by atoms with van der Waals surface area (Å²) < 4.78 is 7.42. The maximum Gasteiger partial charge on any atom is 0.248 e. The molecule has 3 unspecified atom stereocenters. The van der Waals surface area contributed by atoms with E-state index in [0.29, 0.717) is 30.0 Å². The number of aromatic nitrogens is 5. The lowest BCUT2D eigenvalue weighted by Crippen LogP contribution is -2.44. The quantitative estimate of drug-likeness (QED) is 0.374. The van der Waals surface area contributed by atoms with Crippen molar-refractivity contribution in [1.82, 2.24) is 29.9 Å². The SMILES string of the molecule is Nc1nc(Nc2ccc3c(c2)CCC(N2CC4CC2CO4)CC3)nn1-c1cc2c(nn1)-c1ccccc1CCC2. The zero-order chi connectivity index (χ0) is 26.6. The van der Waals surface area contributed by atoms with Crippen molar-refractivity contribution in [1.29, 1.82) is 0 Å². The number of likely N-dealkylation sites (tertiary alicyclic amines) is 1. The summed E-state index contributed by atoms with van der Waals surface area (Å²) in [5.74, 6) is 1.33. The van der Waals surface area contributed by atoms with Crippen LogP contribution in [0.3, 0.4) is 0 Å². The van der Waals surface area contributed by atoms with E-state index in [-0.39, 0.29) is 5.95 Å². The Morgan fingerprint density at radius 2 is 1.75 bits per heavy atom. The largest absolute Gasteiger partial charge is 0.375 e. The molecule has 4 heterocycles. The van der Waals surface area contributed by atoms with Crippen LogP contribution in [0.1, 0.15) is 47.9 Å². The molecule has 0 amide bonds. The molecule has 4 aromatic rings. The molecule has 9 heteroatoms. The number of nitrogen functional groups attached to an aromatic ring is 1. The lowest BCUT2D eigenvalue weighted by atomic mass is 10.0. The van der Waals surface area contributed by atoms with E-state index in [1.54, 1.807) is 4.68 Å². The van der Waals surface area contributed by atoms with Crippen molar-refractivity contribution >= 4 is 17.6 Å². The van der Waals surface area contributed by atoms with Crippen molar-refractivity contribution in [3.63, 3.8) is 0 Å². The number of ether oxygens (including phenoxy) is 1. The number of aryl methyl sites for hydroxylation is 4. The number of nitrogens with two attached hydrogens (primary N) is 1. The summed E-state index contributed by atoms with van der Waals surface area (Å²) >= 11 is 0. The maximum atomic E-state index is 6.31. The Hall–Kier alpha value is -3.82. The lowest BCUT2D eigenvalue weighted by molar-refractivity contribution is 0.00854.